The Kier molecular flexibility index (Phi) is 10.2. The molecular formula is C27H40O6. The molecule has 3 rings (SSSR count). The summed E-state index contributed by atoms with van der Waals surface area (Å²) in [5.41, 5.74) is 0. The number of carboxylic acid groups (broad SMARTS) is 1. The van der Waals surface area contributed by atoms with Gasteiger partial charge in [-0.3, -0.25) is 4.79 Å². The molecule has 1 heterocycles. The van der Waals surface area contributed by atoms with Crippen LogP contribution in [-0.4, -0.2) is 54.8 Å². The van der Waals surface area contributed by atoms with Crippen molar-refractivity contribution in [1.29, 1.82) is 0 Å². The van der Waals surface area contributed by atoms with Gasteiger partial charge in [0.15, 0.2) is 0 Å². The molecule has 0 aromatic heterocycles. The van der Waals surface area contributed by atoms with Gasteiger partial charge in [-0.1, -0.05) is 43.7 Å². The van der Waals surface area contributed by atoms with E-state index in [0.717, 1.165) is 50.7 Å². The summed E-state index contributed by atoms with van der Waals surface area (Å²) in [6.07, 6.45) is 9.66. The average molecular weight is 461 g/mol. The van der Waals surface area contributed by atoms with Crippen LogP contribution in [0.2, 0.25) is 0 Å². The van der Waals surface area contributed by atoms with Crippen molar-refractivity contribution in [2.75, 3.05) is 20.3 Å². The number of aliphatic hydroxyl groups excluding tert-OH is 1. The molecule has 0 radical (unpaired) electrons. The number of carboxylic acids is 1. The largest absolute Gasteiger partial charge is 0.491 e. The van der Waals surface area contributed by atoms with Gasteiger partial charge in [0.2, 0.25) is 0 Å². The number of rotatable bonds is 12. The topological polar surface area (TPSA) is 85.2 Å². The zero-order valence-corrected chi connectivity index (χ0v) is 20.0. The van der Waals surface area contributed by atoms with Crippen LogP contribution in [0.25, 0.3) is 0 Å². The van der Waals surface area contributed by atoms with E-state index in [9.17, 15) is 15.0 Å². The summed E-state index contributed by atoms with van der Waals surface area (Å²) in [6.45, 7) is 2.94. The Morgan fingerprint density at radius 1 is 1.24 bits per heavy atom. The summed E-state index contributed by atoms with van der Waals surface area (Å²) in [7, 11) is 1.74. The Bertz CT molecular complexity index is 735. The van der Waals surface area contributed by atoms with Gasteiger partial charge in [0.1, 0.15) is 18.5 Å². The number of aliphatic carboxylic acids is 1. The summed E-state index contributed by atoms with van der Waals surface area (Å²) < 4.78 is 17.7. The Balaban J connectivity index is 1.53. The first-order valence-corrected chi connectivity index (χ1v) is 12.4. The van der Waals surface area contributed by atoms with Crippen LogP contribution in [0.4, 0.5) is 0 Å². The van der Waals surface area contributed by atoms with Crippen LogP contribution in [0.15, 0.2) is 42.5 Å². The van der Waals surface area contributed by atoms with E-state index in [2.05, 4.69) is 6.08 Å². The quantitative estimate of drug-likeness (QED) is 0.440. The highest BCUT2D eigenvalue weighted by Crippen LogP contribution is 2.43. The van der Waals surface area contributed by atoms with Gasteiger partial charge in [-0.05, 0) is 56.1 Å². The Morgan fingerprint density at radius 3 is 2.73 bits per heavy atom. The highest BCUT2D eigenvalue weighted by atomic mass is 16.5. The van der Waals surface area contributed by atoms with Crippen molar-refractivity contribution in [2.45, 2.75) is 70.2 Å². The number of para-hydroxylation sites is 1. The van der Waals surface area contributed by atoms with Gasteiger partial charge in [0.25, 0.3) is 0 Å². The van der Waals surface area contributed by atoms with Crippen molar-refractivity contribution in [3.8, 4) is 5.75 Å². The van der Waals surface area contributed by atoms with Gasteiger partial charge in [0.05, 0.1) is 18.1 Å². The van der Waals surface area contributed by atoms with Crippen LogP contribution in [0.1, 0.15) is 51.9 Å². The first-order valence-electron chi connectivity index (χ1n) is 12.4. The lowest BCUT2D eigenvalue weighted by molar-refractivity contribution is -0.142. The molecule has 7 atom stereocenters. The van der Waals surface area contributed by atoms with E-state index in [1.807, 2.05) is 43.3 Å². The summed E-state index contributed by atoms with van der Waals surface area (Å²) >= 11 is 0. The van der Waals surface area contributed by atoms with Crippen molar-refractivity contribution < 1.29 is 29.2 Å². The predicted octanol–water partition coefficient (Wildman–Crippen LogP) is 4.71. The molecule has 1 saturated heterocycles. The monoisotopic (exact) mass is 460 g/mol. The number of carbonyl (C=O) groups is 1. The van der Waals surface area contributed by atoms with E-state index in [1.54, 1.807) is 7.11 Å². The SMILES string of the molecule is CCCC(CC[C@@H]1CC[C@@H]2[C@@H](C=C[C@@H](O)COc3ccccc3)[C@H](OC)C[C@@H]2OC1)C(=O)O. The summed E-state index contributed by atoms with van der Waals surface area (Å²) in [6, 6.07) is 9.49. The van der Waals surface area contributed by atoms with Crippen molar-refractivity contribution in [3.05, 3.63) is 42.5 Å². The third kappa shape index (κ3) is 7.56. The maximum absolute atomic E-state index is 11.5. The number of benzene rings is 1. The van der Waals surface area contributed by atoms with Gasteiger partial charge in [0, 0.05) is 26.1 Å². The molecule has 1 saturated carbocycles. The molecule has 2 fully saturated rings. The summed E-state index contributed by atoms with van der Waals surface area (Å²) in [5.74, 6) is 0.774. The van der Waals surface area contributed by atoms with Crippen molar-refractivity contribution in [2.24, 2.45) is 23.7 Å². The van der Waals surface area contributed by atoms with Gasteiger partial charge in [-0.25, -0.2) is 0 Å². The lowest BCUT2D eigenvalue weighted by Gasteiger charge is -2.22. The van der Waals surface area contributed by atoms with Crippen molar-refractivity contribution >= 4 is 5.97 Å². The van der Waals surface area contributed by atoms with E-state index in [-0.39, 0.29) is 30.7 Å². The normalized spacial score (nSPS) is 29.4. The minimum atomic E-state index is -0.687. The van der Waals surface area contributed by atoms with E-state index >= 15 is 0 Å². The Labute approximate surface area is 197 Å². The summed E-state index contributed by atoms with van der Waals surface area (Å²) in [4.78, 5) is 11.5. The molecule has 6 nitrogen and oxygen atoms in total. The van der Waals surface area contributed by atoms with Crippen LogP contribution in [0.5, 0.6) is 5.75 Å². The molecule has 0 spiro atoms. The minimum Gasteiger partial charge on any atom is -0.491 e. The molecule has 2 aliphatic rings. The van der Waals surface area contributed by atoms with Crippen LogP contribution < -0.4 is 4.74 Å². The number of fused-ring (bicyclic) bond motifs is 1. The lowest BCUT2D eigenvalue weighted by Crippen LogP contribution is -2.23. The second-order valence-corrected chi connectivity index (χ2v) is 9.54. The summed E-state index contributed by atoms with van der Waals surface area (Å²) in [5, 5.41) is 19.8. The second kappa shape index (κ2) is 13.1. The number of methoxy groups -OCH3 is 1. The lowest BCUT2D eigenvalue weighted by atomic mass is 9.85. The van der Waals surface area contributed by atoms with E-state index in [4.69, 9.17) is 14.2 Å². The van der Waals surface area contributed by atoms with Crippen molar-refractivity contribution in [3.63, 3.8) is 0 Å². The fraction of sp³-hybridized carbons (Fsp3) is 0.667. The van der Waals surface area contributed by atoms with Gasteiger partial charge >= 0.3 is 5.97 Å². The molecule has 1 aromatic carbocycles. The minimum absolute atomic E-state index is 0.0796. The van der Waals surface area contributed by atoms with Crippen LogP contribution in [0, 0.1) is 23.7 Å². The highest BCUT2D eigenvalue weighted by molar-refractivity contribution is 5.69. The fourth-order valence-electron chi connectivity index (χ4n) is 5.36. The molecule has 1 aliphatic carbocycles. The third-order valence-corrected chi connectivity index (χ3v) is 7.25. The second-order valence-electron chi connectivity index (χ2n) is 9.54. The Hall–Kier alpha value is -1.89. The molecular weight excluding hydrogens is 420 g/mol. The van der Waals surface area contributed by atoms with Crippen molar-refractivity contribution in [1.82, 2.24) is 0 Å². The van der Waals surface area contributed by atoms with Crippen LogP contribution >= 0.6 is 0 Å². The average Bonchev–Trinajstić information content (AvgIpc) is 3.04. The number of hydrogen-bond acceptors (Lipinski definition) is 5. The zero-order valence-electron chi connectivity index (χ0n) is 20.0. The van der Waals surface area contributed by atoms with E-state index in [0.29, 0.717) is 18.4 Å². The standard InChI is InChI=1S/C27H40O6/c1-3-7-20(27(29)30)12-10-19-11-14-24-23(25(31-2)16-26(24)33-17-19)15-13-21(28)18-32-22-8-5-4-6-9-22/h4-6,8-9,13,15,19-21,23-26,28H,3,7,10-12,14,16-18H2,1-2H3,(H,29,30)/t19-,20?,21-,23-,24-,25-,26+/m1/s1. The predicted molar refractivity (Wildman–Crippen MR) is 127 cm³/mol. The molecule has 1 aromatic rings. The number of aliphatic hydroxyl groups is 1. The molecule has 0 amide bonds. The molecule has 0 bridgehead atoms. The molecule has 2 N–H and O–H groups in total. The molecule has 184 valence electrons. The molecule has 6 heteroatoms. The molecule has 1 unspecified atom stereocenters. The number of hydrogen-bond donors (Lipinski definition) is 2. The third-order valence-electron chi connectivity index (χ3n) is 7.25. The van der Waals surface area contributed by atoms with E-state index < -0.39 is 12.1 Å². The van der Waals surface area contributed by atoms with Crippen LogP contribution in [-0.2, 0) is 14.3 Å². The first kappa shape index (κ1) is 25.7. The van der Waals surface area contributed by atoms with Gasteiger partial charge < -0.3 is 24.4 Å². The first-order chi connectivity index (χ1) is 16.0. The zero-order chi connectivity index (χ0) is 23.6. The van der Waals surface area contributed by atoms with Gasteiger partial charge in [-0.15, -0.1) is 0 Å². The van der Waals surface area contributed by atoms with E-state index in [1.165, 1.54) is 0 Å². The molecule has 1 aliphatic heterocycles. The number of ether oxygens (including phenoxy) is 3. The maximum Gasteiger partial charge on any atom is 0.306 e. The van der Waals surface area contributed by atoms with Crippen LogP contribution in [0.3, 0.4) is 0 Å². The maximum atomic E-state index is 11.5. The van der Waals surface area contributed by atoms with Gasteiger partial charge in [-0.2, -0.15) is 0 Å². The Morgan fingerprint density at radius 2 is 2.03 bits per heavy atom. The highest BCUT2D eigenvalue weighted by Gasteiger charge is 2.44. The fourth-order valence-corrected chi connectivity index (χ4v) is 5.36. The molecule has 33 heavy (non-hydrogen) atoms. The smallest absolute Gasteiger partial charge is 0.306 e.